The third kappa shape index (κ3) is 4.78. The van der Waals surface area contributed by atoms with Crippen molar-refractivity contribution < 1.29 is 24.5 Å². The first-order valence-corrected chi connectivity index (χ1v) is 5.17. The molecule has 0 aliphatic carbocycles. The summed E-state index contributed by atoms with van der Waals surface area (Å²) in [5, 5.41) is 17.0. The van der Waals surface area contributed by atoms with E-state index in [4.69, 9.17) is 14.9 Å². The predicted molar refractivity (Wildman–Crippen MR) is 51.6 cm³/mol. The van der Waals surface area contributed by atoms with E-state index in [1.165, 1.54) is 0 Å². The molecule has 0 aromatic carbocycles. The van der Waals surface area contributed by atoms with Crippen LogP contribution in [-0.2, 0) is 14.3 Å². The molecule has 0 aromatic heterocycles. The molecule has 0 radical (unpaired) electrons. The van der Waals surface area contributed by atoms with E-state index in [1.54, 1.807) is 0 Å². The Labute approximate surface area is 88.0 Å². The van der Waals surface area contributed by atoms with Crippen molar-refractivity contribution in [2.75, 3.05) is 0 Å². The number of ether oxygens (including phenoxy) is 1. The molecule has 1 heterocycles. The van der Waals surface area contributed by atoms with Crippen LogP contribution in [0.15, 0.2) is 0 Å². The van der Waals surface area contributed by atoms with Gasteiger partial charge < -0.3 is 14.9 Å². The molecule has 0 aromatic rings. The third-order valence-electron chi connectivity index (χ3n) is 2.51. The number of aliphatic carboxylic acids is 2. The number of carboxylic acid groups (broad SMARTS) is 2. The largest absolute Gasteiger partial charge is 0.481 e. The number of hydrogen-bond donors (Lipinski definition) is 2. The molecule has 5 nitrogen and oxygen atoms in total. The molecule has 1 saturated heterocycles. The van der Waals surface area contributed by atoms with Crippen LogP contribution in [0, 0.1) is 0 Å². The van der Waals surface area contributed by atoms with Crippen molar-refractivity contribution in [3.63, 3.8) is 0 Å². The molecule has 1 aliphatic rings. The van der Waals surface area contributed by atoms with Crippen LogP contribution in [0.5, 0.6) is 0 Å². The molecule has 2 N–H and O–H groups in total. The van der Waals surface area contributed by atoms with Crippen molar-refractivity contribution in [2.24, 2.45) is 0 Å². The van der Waals surface area contributed by atoms with E-state index in [-0.39, 0.29) is 25.0 Å². The average molecular weight is 216 g/mol. The maximum absolute atomic E-state index is 10.4. The fourth-order valence-corrected chi connectivity index (χ4v) is 1.82. The van der Waals surface area contributed by atoms with Crippen molar-refractivity contribution in [3.8, 4) is 0 Å². The van der Waals surface area contributed by atoms with E-state index in [2.05, 4.69) is 0 Å². The summed E-state index contributed by atoms with van der Waals surface area (Å²) in [5.74, 6) is -1.64. The molecule has 86 valence electrons. The Morgan fingerprint density at radius 1 is 1.13 bits per heavy atom. The van der Waals surface area contributed by atoms with Gasteiger partial charge in [-0.05, 0) is 25.7 Å². The monoisotopic (exact) mass is 216 g/mol. The van der Waals surface area contributed by atoms with Crippen molar-refractivity contribution in [3.05, 3.63) is 0 Å². The Morgan fingerprint density at radius 2 is 1.80 bits per heavy atom. The SMILES string of the molecule is O=C(O)CCC[C@@H]1CC[C@H](CC(=O)O)O1. The van der Waals surface area contributed by atoms with E-state index >= 15 is 0 Å². The summed E-state index contributed by atoms with van der Waals surface area (Å²) in [6, 6.07) is 0. The summed E-state index contributed by atoms with van der Waals surface area (Å²) in [4.78, 5) is 20.7. The van der Waals surface area contributed by atoms with Gasteiger partial charge in [0.1, 0.15) is 0 Å². The van der Waals surface area contributed by atoms with E-state index in [0.717, 1.165) is 12.8 Å². The van der Waals surface area contributed by atoms with Crippen LogP contribution in [0.4, 0.5) is 0 Å². The molecule has 2 atom stereocenters. The van der Waals surface area contributed by atoms with Crippen LogP contribution in [0.2, 0.25) is 0 Å². The summed E-state index contributed by atoms with van der Waals surface area (Å²) < 4.78 is 5.48. The van der Waals surface area contributed by atoms with Gasteiger partial charge in [0.05, 0.1) is 18.6 Å². The minimum absolute atomic E-state index is 0.0497. The first-order valence-electron chi connectivity index (χ1n) is 5.17. The highest BCUT2D eigenvalue weighted by Crippen LogP contribution is 2.25. The minimum Gasteiger partial charge on any atom is -0.481 e. The molecule has 15 heavy (non-hydrogen) atoms. The van der Waals surface area contributed by atoms with Crippen molar-refractivity contribution in [1.82, 2.24) is 0 Å². The van der Waals surface area contributed by atoms with Crippen molar-refractivity contribution in [2.45, 2.75) is 50.7 Å². The Morgan fingerprint density at radius 3 is 2.40 bits per heavy atom. The molecule has 1 rings (SSSR count). The van der Waals surface area contributed by atoms with Gasteiger partial charge in [0.2, 0.25) is 0 Å². The van der Waals surface area contributed by atoms with E-state index in [0.29, 0.717) is 12.8 Å². The molecule has 0 unspecified atom stereocenters. The summed E-state index contributed by atoms with van der Waals surface area (Å²) in [7, 11) is 0. The topological polar surface area (TPSA) is 83.8 Å². The van der Waals surface area contributed by atoms with Gasteiger partial charge >= 0.3 is 11.9 Å². The lowest BCUT2D eigenvalue weighted by Crippen LogP contribution is -2.15. The lowest BCUT2D eigenvalue weighted by atomic mass is 10.1. The van der Waals surface area contributed by atoms with Gasteiger partial charge in [0.15, 0.2) is 0 Å². The minimum atomic E-state index is -0.841. The van der Waals surface area contributed by atoms with Gasteiger partial charge in [-0.25, -0.2) is 0 Å². The smallest absolute Gasteiger partial charge is 0.305 e. The standard InChI is InChI=1S/C10H16O5/c11-9(12)3-1-2-7-4-5-8(15-7)6-10(13)14/h7-8H,1-6H2,(H,11,12)(H,13,14)/t7-,8-/m1/s1. The number of carbonyl (C=O) groups is 2. The van der Waals surface area contributed by atoms with Crippen molar-refractivity contribution in [1.29, 1.82) is 0 Å². The Balaban J connectivity index is 2.13. The fourth-order valence-electron chi connectivity index (χ4n) is 1.82. The first kappa shape index (κ1) is 12.0. The average Bonchev–Trinajstić information content (AvgIpc) is 2.50. The molecule has 1 aliphatic heterocycles. The fraction of sp³-hybridized carbons (Fsp3) is 0.800. The molecular weight excluding hydrogens is 200 g/mol. The Kier molecular flexibility index (Phi) is 4.55. The molecule has 0 amide bonds. The molecule has 0 bridgehead atoms. The lowest BCUT2D eigenvalue weighted by Gasteiger charge is -2.11. The van der Waals surface area contributed by atoms with Crippen LogP contribution in [0.25, 0.3) is 0 Å². The molecule has 1 fully saturated rings. The zero-order valence-corrected chi connectivity index (χ0v) is 8.52. The summed E-state index contributed by atoms with van der Waals surface area (Å²) in [5.41, 5.74) is 0. The zero-order chi connectivity index (χ0) is 11.3. The van der Waals surface area contributed by atoms with Gasteiger partial charge in [0, 0.05) is 6.42 Å². The predicted octanol–water partition coefficient (Wildman–Crippen LogP) is 1.26. The van der Waals surface area contributed by atoms with Crippen LogP contribution in [0.3, 0.4) is 0 Å². The van der Waals surface area contributed by atoms with E-state index in [9.17, 15) is 9.59 Å². The van der Waals surface area contributed by atoms with Gasteiger partial charge in [0.25, 0.3) is 0 Å². The molecule has 0 saturated carbocycles. The van der Waals surface area contributed by atoms with Gasteiger partial charge in [-0.2, -0.15) is 0 Å². The Bertz CT molecular complexity index is 238. The summed E-state index contributed by atoms with van der Waals surface area (Å²) in [6.45, 7) is 0. The number of hydrogen-bond acceptors (Lipinski definition) is 3. The number of carboxylic acids is 2. The second kappa shape index (κ2) is 5.70. The lowest BCUT2D eigenvalue weighted by molar-refractivity contribution is -0.140. The van der Waals surface area contributed by atoms with Crippen LogP contribution in [0.1, 0.15) is 38.5 Å². The van der Waals surface area contributed by atoms with Crippen molar-refractivity contribution >= 4 is 11.9 Å². The highest BCUT2D eigenvalue weighted by Gasteiger charge is 2.26. The van der Waals surface area contributed by atoms with Gasteiger partial charge in [-0.1, -0.05) is 0 Å². The normalized spacial score (nSPS) is 25.3. The molecular formula is C10H16O5. The molecule has 0 spiro atoms. The quantitative estimate of drug-likeness (QED) is 0.698. The summed E-state index contributed by atoms with van der Waals surface area (Å²) >= 11 is 0. The zero-order valence-electron chi connectivity index (χ0n) is 8.52. The van der Waals surface area contributed by atoms with Crippen LogP contribution >= 0.6 is 0 Å². The third-order valence-corrected chi connectivity index (χ3v) is 2.51. The Hall–Kier alpha value is -1.10. The maximum atomic E-state index is 10.4. The second-order valence-corrected chi connectivity index (χ2v) is 3.84. The maximum Gasteiger partial charge on any atom is 0.305 e. The van der Waals surface area contributed by atoms with Gasteiger partial charge in [-0.3, -0.25) is 9.59 Å². The van der Waals surface area contributed by atoms with Gasteiger partial charge in [-0.15, -0.1) is 0 Å². The molecule has 5 heteroatoms. The van der Waals surface area contributed by atoms with Crippen LogP contribution in [-0.4, -0.2) is 34.4 Å². The summed E-state index contributed by atoms with van der Waals surface area (Å²) in [6.07, 6.45) is 2.99. The number of rotatable bonds is 6. The first-order chi connectivity index (χ1) is 7.08. The highest BCUT2D eigenvalue weighted by atomic mass is 16.5. The van der Waals surface area contributed by atoms with E-state index in [1.807, 2.05) is 0 Å². The second-order valence-electron chi connectivity index (χ2n) is 3.84. The highest BCUT2D eigenvalue weighted by molar-refractivity contribution is 5.67. The van der Waals surface area contributed by atoms with E-state index < -0.39 is 11.9 Å². The van der Waals surface area contributed by atoms with Crippen LogP contribution < -0.4 is 0 Å².